The molecule has 1 atom stereocenters. The van der Waals surface area contributed by atoms with Crippen LogP contribution in [-0.4, -0.2) is 49.3 Å². The number of nitrogens with one attached hydrogen (secondary N) is 2. The van der Waals surface area contributed by atoms with Gasteiger partial charge in [0.05, 0.1) is 0 Å². The van der Waals surface area contributed by atoms with Crippen molar-refractivity contribution in [2.45, 2.75) is 31.7 Å². The molecule has 1 aliphatic heterocycles. The maximum absolute atomic E-state index is 11.5. The van der Waals surface area contributed by atoms with Crippen LogP contribution < -0.4 is 15.5 Å². The Morgan fingerprint density at radius 3 is 2.85 bits per heavy atom. The van der Waals surface area contributed by atoms with Gasteiger partial charge in [-0.15, -0.1) is 10.2 Å². The lowest BCUT2D eigenvalue weighted by Crippen LogP contribution is -2.41. The van der Waals surface area contributed by atoms with E-state index in [4.69, 9.17) is 0 Å². The fraction of sp³-hybridized carbons (Fsp3) is 0.643. The highest BCUT2D eigenvalue weighted by atomic mass is 16.1. The first-order chi connectivity index (χ1) is 9.76. The topological polar surface area (TPSA) is 70.2 Å². The molecule has 2 N–H and O–H groups in total. The van der Waals surface area contributed by atoms with Crippen molar-refractivity contribution in [1.82, 2.24) is 20.8 Å². The van der Waals surface area contributed by atoms with Gasteiger partial charge in [0, 0.05) is 19.6 Å². The average molecular weight is 277 g/mol. The first-order valence-corrected chi connectivity index (χ1v) is 7.23. The molecule has 1 fully saturated rings. The summed E-state index contributed by atoms with van der Waals surface area (Å²) < 4.78 is 0. The summed E-state index contributed by atoms with van der Waals surface area (Å²) in [6.07, 6.45) is 4.76. The van der Waals surface area contributed by atoms with Gasteiger partial charge in [0.2, 0.25) is 0 Å². The van der Waals surface area contributed by atoms with Crippen LogP contribution in [0.25, 0.3) is 0 Å². The molecule has 2 heterocycles. The molecule has 0 bridgehead atoms. The molecule has 0 radical (unpaired) electrons. The van der Waals surface area contributed by atoms with Crippen LogP contribution in [0.1, 0.15) is 36.2 Å². The van der Waals surface area contributed by atoms with Crippen LogP contribution in [0.15, 0.2) is 12.1 Å². The van der Waals surface area contributed by atoms with Crippen molar-refractivity contribution in [2.24, 2.45) is 0 Å². The highest BCUT2D eigenvalue weighted by Gasteiger charge is 2.23. The molecule has 110 valence electrons. The highest BCUT2D eigenvalue weighted by Crippen LogP contribution is 2.24. The highest BCUT2D eigenvalue weighted by molar-refractivity contribution is 5.91. The third-order valence-corrected chi connectivity index (χ3v) is 3.76. The number of amides is 1. The lowest BCUT2D eigenvalue weighted by atomic mass is 9.99. The number of anilines is 1. The number of rotatable bonds is 5. The molecule has 6 nitrogen and oxygen atoms in total. The second kappa shape index (κ2) is 7.19. The number of carbonyl (C=O) groups excluding carboxylic acids is 1. The van der Waals surface area contributed by atoms with Crippen LogP contribution in [0.5, 0.6) is 0 Å². The standard InChI is InChI=1S/C14H23N5O/c1-15-9-8-11-5-3-4-10-19(11)13-7-6-12(17-18-13)14(20)16-2/h6-7,11,15H,3-5,8-10H2,1-2H3,(H,16,20). The van der Waals surface area contributed by atoms with Crippen molar-refractivity contribution in [3.05, 3.63) is 17.8 Å². The maximum Gasteiger partial charge on any atom is 0.271 e. The van der Waals surface area contributed by atoms with E-state index in [1.54, 1.807) is 13.1 Å². The molecule has 1 unspecified atom stereocenters. The van der Waals surface area contributed by atoms with Gasteiger partial charge in [0.15, 0.2) is 11.5 Å². The summed E-state index contributed by atoms with van der Waals surface area (Å²) in [6, 6.07) is 4.15. The van der Waals surface area contributed by atoms with Crippen molar-refractivity contribution in [1.29, 1.82) is 0 Å². The Balaban J connectivity index is 2.09. The van der Waals surface area contributed by atoms with E-state index in [1.807, 2.05) is 13.1 Å². The van der Waals surface area contributed by atoms with Gasteiger partial charge in [-0.3, -0.25) is 4.79 Å². The van der Waals surface area contributed by atoms with Crippen molar-refractivity contribution in [3.8, 4) is 0 Å². The Labute approximate surface area is 120 Å². The van der Waals surface area contributed by atoms with Gasteiger partial charge in [0.1, 0.15) is 0 Å². The Hall–Kier alpha value is -1.69. The number of piperidine rings is 1. The summed E-state index contributed by atoms with van der Waals surface area (Å²) in [6.45, 7) is 2.02. The molecular weight excluding hydrogens is 254 g/mol. The predicted octanol–water partition coefficient (Wildman–Crippen LogP) is 0.805. The van der Waals surface area contributed by atoms with Gasteiger partial charge >= 0.3 is 0 Å². The molecule has 1 aliphatic rings. The summed E-state index contributed by atoms with van der Waals surface area (Å²) in [4.78, 5) is 13.8. The van der Waals surface area contributed by atoms with Gasteiger partial charge in [0.25, 0.3) is 5.91 Å². The number of nitrogens with zero attached hydrogens (tertiary/aromatic N) is 3. The zero-order valence-electron chi connectivity index (χ0n) is 12.2. The molecule has 0 saturated carbocycles. The largest absolute Gasteiger partial charge is 0.354 e. The summed E-state index contributed by atoms with van der Waals surface area (Å²) in [5.74, 6) is 0.674. The molecule has 1 saturated heterocycles. The lowest BCUT2D eigenvalue weighted by Gasteiger charge is -2.36. The predicted molar refractivity (Wildman–Crippen MR) is 79.0 cm³/mol. The van der Waals surface area contributed by atoms with Crippen LogP contribution in [-0.2, 0) is 0 Å². The van der Waals surface area contributed by atoms with E-state index in [-0.39, 0.29) is 5.91 Å². The van der Waals surface area contributed by atoms with Crippen LogP contribution in [0.2, 0.25) is 0 Å². The number of aromatic nitrogens is 2. The fourth-order valence-corrected chi connectivity index (χ4v) is 2.64. The molecule has 0 aliphatic carbocycles. The first kappa shape index (κ1) is 14.7. The van der Waals surface area contributed by atoms with Crippen molar-refractivity contribution < 1.29 is 4.79 Å². The normalized spacial score (nSPS) is 18.9. The SMILES string of the molecule is CNCCC1CCCCN1c1ccc(C(=O)NC)nn1. The Morgan fingerprint density at radius 2 is 2.20 bits per heavy atom. The third kappa shape index (κ3) is 3.45. The van der Waals surface area contributed by atoms with E-state index in [0.717, 1.165) is 25.3 Å². The first-order valence-electron chi connectivity index (χ1n) is 7.23. The summed E-state index contributed by atoms with van der Waals surface area (Å²) in [5.41, 5.74) is 0.361. The van der Waals surface area contributed by atoms with E-state index in [1.165, 1.54) is 19.3 Å². The van der Waals surface area contributed by atoms with Crippen LogP contribution in [0.4, 0.5) is 5.82 Å². The molecule has 0 spiro atoms. The van der Waals surface area contributed by atoms with E-state index < -0.39 is 0 Å². The van der Waals surface area contributed by atoms with E-state index >= 15 is 0 Å². The number of hydrogen-bond acceptors (Lipinski definition) is 5. The molecule has 1 aromatic heterocycles. The van der Waals surface area contributed by atoms with E-state index in [0.29, 0.717) is 11.7 Å². The smallest absolute Gasteiger partial charge is 0.271 e. The van der Waals surface area contributed by atoms with Crippen LogP contribution >= 0.6 is 0 Å². The molecule has 6 heteroatoms. The minimum Gasteiger partial charge on any atom is -0.354 e. The minimum absolute atomic E-state index is 0.200. The van der Waals surface area contributed by atoms with Gasteiger partial charge in [-0.05, 0) is 51.4 Å². The summed E-state index contributed by atoms with van der Waals surface area (Å²) in [5, 5.41) is 14.0. The molecule has 20 heavy (non-hydrogen) atoms. The lowest BCUT2D eigenvalue weighted by molar-refractivity contribution is 0.0957. The van der Waals surface area contributed by atoms with Gasteiger partial charge < -0.3 is 15.5 Å². The summed E-state index contributed by atoms with van der Waals surface area (Å²) in [7, 11) is 3.57. The zero-order chi connectivity index (χ0) is 14.4. The molecular formula is C14H23N5O. The van der Waals surface area contributed by atoms with Gasteiger partial charge in [-0.1, -0.05) is 0 Å². The molecule has 0 aromatic carbocycles. The summed E-state index contributed by atoms with van der Waals surface area (Å²) >= 11 is 0. The van der Waals surface area contributed by atoms with Crippen molar-refractivity contribution in [3.63, 3.8) is 0 Å². The molecule has 1 amide bonds. The Kier molecular flexibility index (Phi) is 5.29. The van der Waals surface area contributed by atoms with Crippen LogP contribution in [0.3, 0.4) is 0 Å². The van der Waals surface area contributed by atoms with Gasteiger partial charge in [-0.2, -0.15) is 0 Å². The number of hydrogen-bond donors (Lipinski definition) is 2. The monoisotopic (exact) mass is 277 g/mol. The second-order valence-electron chi connectivity index (χ2n) is 5.09. The average Bonchev–Trinajstić information content (AvgIpc) is 2.52. The Bertz CT molecular complexity index is 434. The van der Waals surface area contributed by atoms with Crippen molar-refractivity contribution in [2.75, 3.05) is 32.1 Å². The van der Waals surface area contributed by atoms with Crippen LogP contribution in [0, 0.1) is 0 Å². The van der Waals surface area contributed by atoms with Gasteiger partial charge in [-0.25, -0.2) is 0 Å². The number of carbonyl (C=O) groups is 1. The van der Waals surface area contributed by atoms with E-state index in [9.17, 15) is 4.79 Å². The minimum atomic E-state index is -0.200. The fourth-order valence-electron chi connectivity index (χ4n) is 2.64. The Morgan fingerprint density at radius 1 is 1.35 bits per heavy atom. The third-order valence-electron chi connectivity index (χ3n) is 3.76. The molecule has 1 aromatic rings. The molecule has 2 rings (SSSR count). The zero-order valence-corrected chi connectivity index (χ0v) is 12.2. The van der Waals surface area contributed by atoms with Crippen molar-refractivity contribution >= 4 is 11.7 Å². The maximum atomic E-state index is 11.5. The quantitative estimate of drug-likeness (QED) is 0.833. The second-order valence-corrected chi connectivity index (χ2v) is 5.09. The van der Waals surface area contributed by atoms with E-state index in [2.05, 4.69) is 25.7 Å².